The van der Waals surface area contributed by atoms with Crippen LogP contribution in [0.15, 0.2) is 66.0 Å². The summed E-state index contributed by atoms with van der Waals surface area (Å²) < 4.78 is 0. The lowest BCUT2D eigenvalue weighted by Crippen LogP contribution is -2.39. The first-order chi connectivity index (χ1) is 13.6. The Morgan fingerprint density at radius 1 is 1.00 bits per heavy atom. The van der Waals surface area contributed by atoms with Gasteiger partial charge in [0.25, 0.3) is 5.91 Å². The van der Waals surface area contributed by atoms with Crippen molar-refractivity contribution in [2.45, 2.75) is 18.9 Å². The lowest BCUT2D eigenvalue weighted by molar-refractivity contribution is 0.0474. The van der Waals surface area contributed by atoms with Crippen molar-refractivity contribution in [3.8, 4) is 16.9 Å². The van der Waals surface area contributed by atoms with Gasteiger partial charge in [0.05, 0.1) is 6.10 Å². The van der Waals surface area contributed by atoms with Gasteiger partial charge in [0.2, 0.25) is 0 Å². The van der Waals surface area contributed by atoms with E-state index in [0.29, 0.717) is 18.7 Å². The second-order valence-corrected chi connectivity index (χ2v) is 8.20. The maximum absolute atomic E-state index is 13.0. The molecule has 1 aliphatic rings. The number of piperidine rings is 1. The molecule has 1 saturated heterocycles. The number of carbonyl (C=O) groups is 1. The molecule has 1 amide bonds. The Morgan fingerprint density at radius 2 is 1.75 bits per heavy atom. The van der Waals surface area contributed by atoms with Crippen LogP contribution in [0.4, 0.5) is 0 Å². The van der Waals surface area contributed by atoms with Crippen LogP contribution in [0.25, 0.3) is 11.1 Å². The molecular weight excluding hydrogens is 370 g/mol. The minimum Gasteiger partial charge on any atom is -0.508 e. The fourth-order valence-electron chi connectivity index (χ4n) is 3.78. The van der Waals surface area contributed by atoms with Gasteiger partial charge in [-0.05, 0) is 65.6 Å². The Hall–Kier alpha value is -2.63. The third-order valence-electron chi connectivity index (χ3n) is 5.42. The molecule has 1 aliphatic heterocycles. The summed E-state index contributed by atoms with van der Waals surface area (Å²) in [6.07, 6.45) is 1.18. The number of aliphatic hydroxyl groups is 1. The molecule has 2 aromatic carbocycles. The van der Waals surface area contributed by atoms with E-state index in [-0.39, 0.29) is 17.6 Å². The molecular formula is C23H23NO3S. The SMILES string of the molecule is O=C(c1cccc(-c2ccc(O)cc2)c1)N1CCC(C(O)c2cccs2)CC1. The van der Waals surface area contributed by atoms with Gasteiger partial charge in [-0.3, -0.25) is 4.79 Å². The summed E-state index contributed by atoms with van der Waals surface area (Å²) in [4.78, 5) is 15.9. The van der Waals surface area contributed by atoms with Crippen LogP contribution in [0.3, 0.4) is 0 Å². The molecule has 1 unspecified atom stereocenters. The fourth-order valence-corrected chi connectivity index (χ4v) is 4.58. The van der Waals surface area contributed by atoms with Gasteiger partial charge in [-0.2, -0.15) is 0 Å². The second-order valence-electron chi connectivity index (χ2n) is 7.22. The Balaban J connectivity index is 1.43. The summed E-state index contributed by atoms with van der Waals surface area (Å²) in [5, 5.41) is 22.0. The van der Waals surface area contributed by atoms with E-state index in [2.05, 4.69) is 0 Å². The number of rotatable bonds is 4. The first-order valence-electron chi connectivity index (χ1n) is 9.52. The molecule has 2 heterocycles. The molecule has 2 N–H and O–H groups in total. The quantitative estimate of drug-likeness (QED) is 0.675. The number of phenolic OH excluding ortho intramolecular Hbond substituents is 1. The van der Waals surface area contributed by atoms with Crippen molar-refractivity contribution in [1.82, 2.24) is 4.90 Å². The Morgan fingerprint density at radius 3 is 2.43 bits per heavy atom. The third kappa shape index (κ3) is 3.96. The monoisotopic (exact) mass is 393 g/mol. The Kier molecular flexibility index (Phi) is 5.46. The highest BCUT2D eigenvalue weighted by Crippen LogP contribution is 2.33. The van der Waals surface area contributed by atoms with E-state index in [0.717, 1.165) is 28.8 Å². The van der Waals surface area contributed by atoms with Gasteiger partial charge in [0.15, 0.2) is 0 Å². The largest absolute Gasteiger partial charge is 0.508 e. The highest BCUT2D eigenvalue weighted by molar-refractivity contribution is 7.10. The van der Waals surface area contributed by atoms with Crippen LogP contribution in [0, 0.1) is 5.92 Å². The van der Waals surface area contributed by atoms with Crippen LogP contribution < -0.4 is 0 Å². The van der Waals surface area contributed by atoms with Gasteiger partial charge >= 0.3 is 0 Å². The van der Waals surface area contributed by atoms with Gasteiger partial charge in [-0.25, -0.2) is 0 Å². The van der Waals surface area contributed by atoms with Gasteiger partial charge in [-0.15, -0.1) is 11.3 Å². The number of nitrogens with zero attached hydrogens (tertiary/aromatic N) is 1. The van der Waals surface area contributed by atoms with Crippen molar-refractivity contribution in [3.05, 3.63) is 76.5 Å². The van der Waals surface area contributed by atoms with E-state index in [1.807, 2.05) is 58.8 Å². The van der Waals surface area contributed by atoms with Crippen LogP contribution in [0.1, 0.15) is 34.2 Å². The van der Waals surface area contributed by atoms with E-state index in [9.17, 15) is 15.0 Å². The second kappa shape index (κ2) is 8.17. The molecule has 3 aromatic rings. The topological polar surface area (TPSA) is 60.8 Å². The van der Waals surface area contributed by atoms with E-state index >= 15 is 0 Å². The zero-order chi connectivity index (χ0) is 19.5. The molecule has 1 atom stereocenters. The number of hydrogen-bond acceptors (Lipinski definition) is 4. The minimum absolute atomic E-state index is 0.0321. The first kappa shape index (κ1) is 18.7. The van der Waals surface area contributed by atoms with E-state index < -0.39 is 6.10 Å². The predicted molar refractivity (Wildman–Crippen MR) is 111 cm³/mol. The van der Waals surface area contributed by atoms with Crippen LogP contribution in [-0.4, -0.2) is 34.1 Å². The number of thiophene rings is 1. The molecule has 0 spiro atoms. The van der Waals surface area contributed by atoms with Crippen LogP contribution >= 0.6 is 11.3 Å². The van der Waals surface area contributed by atoms with Gasteiger partial charge < -0.3 is 15.1 Å². The van der Waals surface area contributed by atoms with Gasteiger partial charge in [0, 0.05) is 23.5 Å². The molecule has 0 bridgehead atoms. The van der Waals surface area contributed by atoms with Crippen LogP contribution in [0.5, 0.6) is 5.75 Å². The molecule has 0 saturated carbocycles. The van der Waals surface area contributed by atoms with E-state index in [1.54, 1.807) is 23.5 Å². The highest BCUT2D eigenvalue weighted by Gasteiger charge is 2.29. The van der Waals surface area contributed by atoms with Gasteiger partial charge in [0.1, 0.15) is 5.75 Å². The summed E-state index contributed by atoms with van der Waals surface area (Å²) in [6, 6.07) is 18.5. The zero-order valence-corrected chi connectivity index (χ0v) is 16.3. The lowest BCUT2D eigenvalue weighted by Gasteiger charge is -2.34. The molecule has 28 heavy (non-hydrogen) atoms. The normalized spacial score (nSPS) is 16.1. The number of aliphatic hydroxyl groups excluding tert-OH is 1. The van der Waals surface area contributed by atoms with E-state index in [4.69, 9.17) is 0 Å². The summed E-state index contributed by atoms with van der Waals surface area (Å²) in [6.45, 7) is 1.32. The number of aromatic hydroxyl groups is 1. The maximum Gasteiger partial charge on any atom is 0.253 e. The van der Waals surface area contributed by atoms with Crippen molar-refractivity contribution in [1.29, 1.82) is 0 Å². The number of phenols is 1. The Bertz CT molecular complexity index is 929. The maximum atomic E-state index is 13.0. The molecule has 1 aromatic heterocycles. The summed E-state index contributed by atoms with van der Waals surface area (Å²) in [5.41, 5.74) is 2.59. The van der Waals surface area contributed by atoms with E-state index in [1.165, 1.54) is 0 Å². The minimum atomic E-state index is -0.435. The molecule has 0 radical (unpaired) electrons. The standard InChI is InChI=1S/C23H23NO3S/c25-20-8-6-16(7-9-20)18-3-1-4-19(15-18)23(27)24-12-10-17(11-13-24)22(26)21-5-2-14-28-21/h1-9,14-15,17,22,25-26H,10-13H2. The van der Waals surface area contributed by atoms with Crippen molar-refractivity contribution >= 4 is 17.2 Å². The van der Waals surface area contributed by atoms with Crippen LogP contribution in [-0.2, 0) is 0 Å². The average molecular weight is 394 g/mol. The summed E-state index contributed by atoms with van der Waals surface area (Å²) in [7, 11) is 0. The number of likely N-dealkylation sites (tertiary alicyclic amines) is 1. The van der Waals surface area contributed by atoms with Gasteiger partial charge in [-0.1, -0.05) is 30.3 Å². The van der Waals surface area contributed by atoms with Crippen LogP contribution in [0.2, 0.25) is 0 Å². The van der Waals surface area contributed by atoms with Crippen molar-refractivity contribution < 1.29 is 15.0 Å². The summed E-state index contributed by atoms with van der Waals surface area (Å²) >= 11 is 1.58. The van der Waals surface area contributed by atoms with Crippen molar-refractivity contribution in [2.24, 2.45) is 5.92 Å². The number of hydrogen-bond donors (Lipinski definition) is 2. The molecule has 4 rings (SSSR count). The first-order valence-corrected chi connectivity index (χ1v) is 10.4. The molecule has 5 heteroatoms. The number of amides is 1. The Labute approximate surface area is 168 Å². The summed E-state index contributed by atoms with van der Waals surface area (Å²) in [5.74, 6) is 0.458. The molecule has 0 aliphatic carbocycles. The molecule has 1 fully saturated rings. The van der Waals surface area contributed by atoms with Crippen molar-refractivity contribution in [2.75, 3.05) is 13.1 Å². The number of carbonyl (C=O) groups excluding carboxylic acids is 1. The zero-order valence-electron chi connectivity index (χ0n) is 15.5. The fraction of sp³-hybridized carbons (Fsp3) is 0.261. The smallest absolute Gasteiger partial charge is 0.253 e. The van der Waals surface area contributed by atoms with Crippen molar-refractivity contribution in [3.63, 3.8) is 0 Å². The molecule has 144 valence electrons. The average Bonchev–Trinajstić information content (AvgIpc) is 3.28. The third-order valence-corrected chi connectivity index (χ3v) is 6.36. The predicted octanol–water partition coefficient (Wildman–Crippen LogP) is 4.71. The molecule has 4 nitrogen and oxygen atoms in total. The lowest BCUT2D eigenvalue weighted by atomic mass is 9.90. The number of benzene rings is 2. The highest BCUT2D eigenvalue weighted by atomic mass is 32.1.